The average molecular weight is 333 g/mol. The van der Waals surface area contributed by atoms with E-state index in [9.17, 15) is 9.59 Å². The molecule has 1 aliphatic heterocycles. The van der Waals surface area contributed by atoms with Crippen LogP contribution in [0.4, 0.5) is 11.4 Å². The summed E-state index contributed by atoms with van der Waals surface area (Å²) in [6.45, 7) is 10.3. The van der Waals surface area contributed by atoms with Crippen LogP contribution in [-0.2, 0) is 14.3 Å². The molecule has 1 aromatic carbocycles. The number of anilines is 2. The Morgan fingerprint density at radius 3 is 2.46 bits per heavy atom. The van der Waals surface area contributed by atoms with Gasteiger partial charge in [-0.25, -0.2) is 0 Å². The van der Waals surface area contributed by atoms with E-state index in [1.165, 1.54) is 0 Å². The zero-order valence-electron chi connectivity index (χ0n) is 14.8. The molecular weight excluding hydrogens is 306 g/mol. The fourth-order valence-corrected chi connectivity index (χ4v) is 2.83. The Bertz CT molecular complexity index is 579. The summed E-state index contributed by atoms with van der Waals surface area (Å²) in [5, 5.41) is 2.85. The van der Waals surface area contributed by atoms with Gasteiger partial charge >= 0.3 is 0 Å². The minimum atomic E-state index is -0.273. The number of ether oxygens (including phenoxy) is 1. The van der Waals surface area contributed by atoms with Gasteiger partial charge in [0, 0.05) is 37.6 Å². The summed E-state index contributed by atoms with van der Waals surface area (Å²) in [6.07, 6.45) is -0.128. The van der Waals surface area contributed by atoms with Crippen molar-refractivity contribution in [1.82, 2.24) is 4.90 Å². The summed E-state index contributed by atoms with van der Waals surface area (Å²) >= 11 is 0. The summed E-state index contributed by atoms with van der Waals surface area (Å²) < 4.78 is 5.22. The molecule has 6 nitrogen and oxygen atoms in total. The molecule has 1 aromatic rings. The van der Waals surface area contributed by atoms with Crippen molar-refractivity contribution in [1.29, 1.82) is 0 Å². The molecule has 0 aliphatic carbocycles. The molecule has 1 saturated heterocycles. The highest BCUT2D eigenvalue weighted by Crippen LogP contribution is 2.22. The van der Waals surface area contributed by atoms with Crippen LogP contribution in [-0.4, -0.2) is 56.1 Å². The van der Waals surface area contributed by atoms with Crippen LogP contribution in [0.2, 0.25) is 0 Å². The van der Waals surface area contributed by atoms with E-state index < -0.39 is 0 Å². The zero-order chi connectivity index (χ0) is 17.5. The molecule has 0 bridgehead atoms. The number of rotatable bonds is 6. The smallest absolute Gasteiger partial charge is 0.233 e. The quantitative estimate of drug-likeness (QED) is 0.809. The van der Waals surface area contributed by atoms with Gasteiger partial charge in [-0.2, -0.15) is 0 Å². The number of nitrogens with zero attached hydrogens (tertiary/aromatic N) is 2. The minimum Gasteiger partial charge on any atom is -0.378 e. The zero-order valence-corrected chi connectivity index (χ0v) is 14.8. The number of morpholine rings is 1. The van der Waals surface area contributed by atoms with Crippen molar-refractivity contribution >= 4 is 23.2 Å². The van der Waals surface area contributed by atoms with E-state index in [4.69, 9.17) is 4.74 Å². The van der Waals surface area contributed by atoms with Crippen molar-refractivity contribution in [2.45, 2.75) is 27.2 Å². The Balaban J connectivity index is 1.94. The Labute approximate surface area is 143 Å². The Morgan fingerprint density at radius 2 is 1.88 bits per heavy atom. The van der Waals surface area contributed by atoms with Gasteiger partial charge in [0.2, 0.25) is 11.8 Å². The van der Waals surface area contributed by atoms with Gasteiger partial charge in [-0.15, -0.1) is 0 Å². The lowest BCUT2D eigenvalue weighted by molar-refractivity contribution is -0.138. The maximum Gasteiger partial charge on any atom is 0.233 e. The van der Waals surface area contributed by atoms with Crippen LogP contribution in [0.25, 0.3) is 0 Å². The first-order valence-corrected chi connectivity index (χ1v) is 8.56. The summed E-state index contributed by atoms with van der Waals surface area (Å²) in [6, 6.07) is 5.96. The normalized spacial score (nSPS) is 14.4. The molecule has 2 amide bonds. The van der Waals surface area contributed by atoms with Gasteiger partial charge in [-0.1, -0.05) is 0 Å². The van der Waals surface area contributed by atoms with Gasteiger partial charge < -0.3 is 19.9 Å². The number of nitrogens with one attached hydrogen (secondary N) is 1. The van der Waals surface area contributed by atoms with Crippen LogP contribution < -0.4 is 10.2 Å². The fraction of sp³-hybridized carbons (Fsp3) is 0.556. The third-order valence-corrected chi connectivity index (χ3v) is 4.29. The number of hydrogen-bond acceptors (Lipinski definition) is 4. The molecule has 0 atom stereocenters. The Morgan fingerprint density at radius 1 is 1.21 bits per heavy atom. The van der Waals surface area contributed by atoms with Crippen LogP contribution in [0.15, 0.2) is 18.2 Å². The summed E-state index contributed by atoms with van der Waals surface area (Å²) in [7, 11) is 0. The van der Waals surface area contributed by atoms with E-state index in [-0.39, 0.29) is 18.2 Å². The van der Waals surface area contributed by atoms with Gasteiger partial charge in [0.05, 0.1) is 13.2 Å². The number of carbonyl (C=O) groups is 2. The Kier molecular flexibility index (Phi) is 6.61. The monoisotopic (exact) mass is 333 g/mol. The van der Waals surface area contributed by atoms with Crippen molar-refractivity contribution in [2.75, 3.05) is 49.6 Å². The lowest BCUT2D eigenvalue weighted by Crippen LogP contribution is -2.42. The van der Waals surface area contributed by atoms with Gasteiger partial charge in [-0.05, 0) is 44.5 Å². The average Bonchev–Trinajstić information content (AvgIpc) is 2.59. The van der Waals surface area contributed by atoms with Crippen LogP contribution in [0, 0.1) is 6.92 Å². The standard InChI is InChI=1S/C18H27N3O3/c1-4-20(5-2)15-6-7-16(14(3)12-15)19-17(22)13-18(23)21-8-10-24-11-9-21/h6-7,12H,4-5,8-11,13H2,1-3H3,(H,19,22). The molecule has 0 aromatic heterocycles. The van der Waals surface area contributed by atoms with Gasteiger partial charge in [0.15, 0.2) is 0 Å². The predicted octanol–water partition coefficient (Wildman–Crippen LogP) is 2.03. The first kappa shape index (κ1) is 18.3. The summed E-state index contributed by atoms with van der Waals surface area (Å²) in [5.41, 5.74) is 2.89. The lowest BCUT2D eigenvalue weighted by atomic mass is 10.1. The van der Waals surface area contributed by atoms with Crippen molar-refractivity contribution < 1.29 is 14.3 Å². The molecule has 24 heavy (non-hydrogen) atoms. The molecule has 1 fully saturated rings. The second-order valence-corrected chi connectivity index (χ2v) is 5.89. The highest BCUT2D eigenvalue weighted by molar-refractivity contribution is 6.04. The number of hydrogen-bond donors (Lipinski definition) is 1. The molecule has 0 radical (unpaired) electrons. The number of benzene rings is 1. The highest BCUT2D eigenvalue weighted by Gasteiger charge is 2.20. The lowest BCUT2D eigenvalue weighted by Gasteiger charge is -2.26. The van der Waals surface area contributed by atoms with Gasteiger partial charge in [0.1, 0.15) is 6.42 Å². The molecule has 2 rings (SSSR count). The van der Waals surface area contributed by atoms with E-state index in [0.29, 0.717) is 26.3 Å². The molecule has 1 N–H and O–H groups in total. The fourth-order valence-electron chi connectivity index (χ4n) is 2.83. The Hall–Kier alpha value is -2.08. The van der Waals surface area contributed by atoms with Crippen molar-refractivity contribution in [3.8, 4) is 0 Å². The second kappa shape index (κ2) is 8.68. The SMILES string of the molecule is CCN(CC)c1ccc(NC(=O)CC(=O)N2CCOCC2)c(C)c1. The molecule has 0 saturated carbocycles. The van der Waals surface area contributed by atoms with E-state index in [0.717, 1.165) is 30.0 Å². The maximum atomic E-state index is 12.1. The maximum absolute atomic E-state index is 12.1. The predicted molar refractivity (Wildman–Crippen MR) is 95.4 cm³/mol. The molecule has 1 aliphatic rings. The number of carbonyl (C=O) groups excluding carboxylic acids is 2. The van der Waals surface area contributed by atoms with Crippen LogP contribution in [0.5, 0.6) is 0 Å². The molecule has 132 valence electrons. The summed E-state index contributed by atoms with van der Waals surface area (Å²) in [4.78, 5) is 28.2. The number of aryl methyl sites for hydroxylation is 1. The third-order valence-electron chi connectivity index (χ3n) is 4.29. The van der Waals surface area contributed by atoms with E-state index >= 15 is 0 Å². The first-order chi connectivity index (χ1) is 11.5. The molecular formula is C18H27N3O3. The number of amides is 2. The largest absolute Gasteiger partial charge is 0.378 e. The highest BCUT2D eigenvalue weighted by atomic mass is 16.5. The summed E-state index contributed by atoms with van der Waals surface area (Å²) in [5.74, 6) is -0.418. The molecule has 1 heterocycles. The van der Waals surface area contributed by atoms with Crippen molar-refractivity contribution in [3.05, 3.63) is 23.8 Å². The molecule has 0 unspecified atom stereocenters. The van der Waals surface area contributed by atoms with E-state index in [1.54, 1.807) is 4.90 Å². The van der Waals surface area contributed by atoms with Crippen LogP contribution in [0.3, 0.4) is 0 Å². The van der Waals surface area contributed by atoms with Gasteiger partial charge in [-0.3, -0.25) is 9.59 Å². The molecule has 0 spiro atoms. The van der Waals surface area contributed by atoms with Crippen LogP contribution in [0.1, 0.15) is 25.8 Å². The van der Waals surface area contributed by atoms with E-state index in [1.807, 2.05) is 19.1 Å². The molecule has 6 heteroatoms. The third kappa shape index (κ3) is 4.71. The van der Waals surface area contributed by atoms with Crippen molar-refractivity contribution in [3.63, 3.8) is 0 Å². The minimum absolute atomic E-state index is 0.128. The van der Waals surface area contributed by atoms with E-state index in [2.05, 4.69) is 30.1 Å². The van der Waals surface area contributed by atoms with Crippen LogP contribution >= 0.6 is 0 Å². The second-order valence-electron chi connectivity index (χ2n) is 5.89. The van der Waals surface area contributed by atoms with Gasteiger partial charge in [0.25, 0.3) is 0 Å². The van der Waals surface area contributed by atoms with Crippen molar-refractivity contribution in [2.24, 2.45) is 0 Å². The topological polar surface area (TPSA) is 61.9 Å². The first-order valence-electron chi connectivity index (χ1n) is 8.56.